The van der Waals surface area contributed by atoms with E-state index in [1.807, 2.05) is 0 Å². The van der Waals surface area contributed by atoms with Crippen LogP contribution in [0.5, 0.6) is 5.75 Å². The van der Waals surface area contributed by atoms with Crippen molar-refractivity contribution < 1.29 is 4.74 Å². The van der Waals surface area contributed by atoms with E-state index in [0.717, 1.165) is 0 Å². The molecule has 0 N–H and O–H groups in total. The monoisotopic (exact) mass is 422 g/mol. The molecule has 0 aromatic heterocycles. The summed E-state index contributed by atoms with van der Waals surface area (Å²) in [6.07, 6.45) is 0. The number of methoxy groups -OCH3 is 1. The molecule has 0 unspecified atom stereocenters. The van der Waals surface area contributed by atoms with E-state index < -0.39 is 0 Å². The van der Waals surface area contributed by atoms with E-state index in [-0.39, 0.29) is 40.9 Å². The molecule has 0 amide bonds. The molecule has 0 saturated heterocycles. The van der Waals surface area contributed by atoms with Gasteiger partial charge in [0.2, 0.25) is 0 Å². The van der Waals surface area contributed by atoms with Gasteiger partial charge >= 0.3 is 0 Å². The Hall–Kier alpha value is 0.270. The first-order valence-corrected chi connectivity index (χ1v) is 7.99. The van der Waals surface area contributed by atoms with Crippen molar-refractivity contribution >= 4 is 81.2 Å². The number of ether oxygens (including phenoxy) is 1. The van der Waals surface area contributed by atoms with Crippen LogP contribution in [0.25, 0.3) is 11.1 Å². The zero-order valence-corrected chi connectivity index (χ0v) is 15.5. The van der Waals surface area contributed by atoms with Crippen molar-refractivity contribution in [2.75, 3.05) is 7.11 Å². The van der Waals surface area contributed by atoms with Crippen LogP contribution in [-0.2, 0) is 0 Å². The molecule has 0 heterocycles. The number of rotatable bonds is 2. The van der Waals surface area contributed by atoms with Crippen molar-refractivity contribution in [2.45, 2.75) is 0 Å². The third kappa shape index (κ3) is 3.16. The number of hydrogen-bond acceptors (Lipinski definition) is 1. The molecule has 0 radical (unpaired) electrons. The molecule has 0 aliphatic carbocycles. The summed E-state index contributed by atoms with van der Waals surface area (Å²) in [4.78, 5) is 0. The molecular formula is C13H5Cl7O. The maximum atomic E-state index is 6.30. The lowest BCUT2D eigenvalue weighted by Gasteiger charge is -2.16. The topological polar surface area (TPSA) is 9.23 Å². The summed E-state index contributed by atoms with van der Waals surface area (Å²) in [6.45, 7) is 0. The Labute approximate surface area is 156 Å². The molecule has 21 heavy (non-hydrogen) atoms. The largest absolute Gasteiger partial charge is 0.494 e. The fraction of sp³-hybridized carbons (Fsp3) is 0.0769. The molecule has 2 aromatic carbocycles. The predicted molar refractivity (Wildman–Crippen MR) is 93.5 cm³/mol. The minimum atomic E-state index is 0.141. The minimum Gasteiger partial charge on any atom is -0.494 e. The van der Waals surface area contributed by atoms with E-state index in [2.05, 4.69) is 0 Å². The number of halogens is 7. The van der Waals surface area contributed by atoms with E-state index in [0.29, 0.717) is 11.1 Å². The summed E-state index contributed by atoms with van der Waals surface area (Å²) in [7, 11) is 1.43. The molecule has 0 bridgehead atoms. The Morgan fingerprint density at radius 1 is 0.619 bits per heavy atom. The lowest BCUT2D eigenvalue weighted by molar-refractivity contribution is 0.415. The second kappa shape index (κ2) is 6.80. The molecule has 2 aromatic rings. The maximum Gasteiger partial charge on any atom is 0.156 e. The Kier molecular flexibility index (Phi) is 5.71. The second-order valence-corrected chi connectivity index (χ2v) is 6.67. The highest BCUT2D eigenvalue weighted by Gasteiger charge is 2.23. The molecule has 0 atom stereocenters. The van der Waals surface area contributed by atoms with Gasteiger partial charge in [-0.2, -0.15) is 0 Å². The highest BCUT2D eigenvalue weighted by Crippen LogP contribution is 2.51. The van der Waals surface area contributed by atoms with Gasteiger partial charge in [0.1, 0.15) is 0 Å². The van der Waals surface area contributed by atoms with Gasteiger partial charge in [-0.1, -0.05) is 81.2 Å². The van der Waals surface area contributed by atoms with E-state index in [1.54, 1.807) is 0 Å². The van der Waals surface area contributed by atoms with Crippen LogP contribution in [0.2, 0.25) is 35.2 Å². The van der Waals surface area contributed by atoms with Crippen molar-refractivity contribution in [1.82, 2.24) is 0 Å². The van der Waals surface area contributed by atoms with Crippen LogP contribution in [0.3, 0.4) is 0 Å². The van der Waals surface area contributed by atoms with E-state index in [9.17, 15) is 0 Å². The van der Waals surface area contributed by atoms with Gasteiger partial charge in [-0.25, -0.2) is 0 Å². The first kappa shape index (κ1) is 17.6. The predicted octanol–water partition coefficient (Wildman–Crippen LogP) is 7.94. The zero-order chi connectivity index (χ0) is 15.9. The Bertz CT molecular complexity index is 727. The third-order valence-electron chi connectivity index (χ3n) is 2.70. The Balaban J connectivity index is 2.89. The van der Waals surface area contributed by atoms with Crippen molar-refractivity contribution in [3.8, 4) is 16.9 Å². The molecule has 2 rings (SSSR count). The maximum absolute atomic E-state index is 6.30. The molecule has 0 fully saturated rings. The molecule has 0 aliphatic heterocycles. The molecular weight excluding hydrogens is 420 g/mol. The molecule has 1 nitrogen and oxygen atoms in total. The van der Waals surface area contributed by atoms with Crippen molar-refractivity contribution in [3.63, 3.8) is 0 Å². The summed E-state index contributed by atoms with van der Waals surface area (Å²) in [5.74, 6) is 0.260. The van der Waals surface area contributed by atoms with Gasteiger partial charge in [-0.15, -0.1) is 0 Å². The first-order chi connectivity index (χ1) is 9.79. The van der Waals surface area contributed by atoms with Crippen LogP contribution < -0.4 is 4.74 Å². The molecule has 0 aliphatic rings. The fourth-order valence-corrected chi connectivity index (χ4v) is 3.99. The quantitative estimate of drug-likeness (QED) is 0.351. The van der Waals surface area contributed by atoms with Crippen LogP contribution in [0.15, 0.2) is 12.1 Å². The normalized spacial score (nSPS) is 10.9. The summed E-state index contributed by atoms with van der Waals surface area (Å²) in [6, 6.07) is 2.94. The van der Waals surface area contributed by atoms with Crippen molar-refractivity contribution in [1.29, 1.82) is 0 Å². The SMILES string of the molecule is COc1c(Cl)cc(Cl)c(-c2c(Cl)cc(Cl)c(Cl)c2Cl)c1Cl. The molecule has 112 valence electrons. The summed E-state index contributed by atoms with van der Waals surface area (Å²) < 4.78 is 5.16. The van der Waals surface area contributed by atoms with Gasteiger partial charge in [0, 0.05) is 11.1 Å². The zero-order valence-electron chi connectivity index (χ0n) is 10.2. The Morgan fingerprint density at radius 2 is 1.10 bits per heavy atom. The van der Waals surface area contributed by atoms with Gasteiger partial charge in [-0.3, -0.25) is 0 Å². The standard InChI is InChI=1S/C13H5Cl7O/c1-21-13-7(17)3-5(15)9(12(13)20)8-4(14)2-6(16)10(18)11(8)19/h2-3H,1H3. The minimum absolute atomic E-state index is 0.141. The summed E-state index contributed by atoms with van der Waals surface area (Å²) in [5.41, 5.74) is 0.728. The summed E-state index contributed by atoms with van der Waals surface area (Å²) in [5, 5.41) is 1.47. The lowest BCUT2D eigenvalue weighted by atomic mass is 10.0. The van der Waals surface area contributed by atoms with Gasteiger partial charge in [0.25, 0.3) is 0 Å². The molecule has 0 saturated carbocycles. The second-order valence-electron chi connectivity index (χ2n) is 3.91. The first-order valence-electron chi connectivity index (χ1n) is 5.34. The summed E-state index contributed by atoms with van der Waals surface area (Å²) >= 11 is 42.9. The van der Waals surface area contributed by atoms with Gasteiger partial charge in [0.15, 0.2) is 5.75 Å². The average Bonchev–Trinajstić information content (AvgIpc) is 2.40. The van der Waals surface area contributed by atoms with Crippen LogP contribution >= 0.6 is 81.2 Å². The van der Waals surface area contributed by atoms with Crippen LogP contribution in [-0.4, -0.2) is 7.11 Å². The van der Waals surface area contributed by atoms with Crippen LogP contribution in [0.1, 0.15) is 0 Å². The van der Waals surface area contributed by atoms with Crippen LogP contribution in [0.4, 0.5) is 0 Å². The highest BCUT2D eigenvalue weighted by molar-refractivity contribution is 6.52. The van der Waals surface area contributed by atoms with E-state index >= 15 is 0 Å². The fourth-order valence-electron chi connectivity index (χ4n) is 1.78. The lowest BCUT2D eigenvalue weighted by Crippen LogP contribution is -1.92. The molecule has 0 spiro atoms. The average molecular weight is 425 g/mol. The van der Waals surface area contributed by atoms with E-state index in [4.69, 9.17) is 85.9 Å². The van der Waals surface area contributed by atoms with Crippen molar-refractivity contribution in [3.05, 3.63) is 47.3 Å². The van der Waals surface area contributed by atoms with Crippen molar-refractivity contribution in [2.24, 2.45) is 0 Å². The molecule has 8 heteroatoms. The van der Waals surface area contributed by atoms with Crippen LogP contribution in [0, 0.1) is 0 Å². The number of hydrogen-bond donors (Lipinski definition) is 0. The van der Waals surface area contributed by atoms with Gasteiger partial charge < -0.3 is 4.74 Å². The third-order valence-corrected chi connectivity index (χ3v) is 5.20. The highest BCUT2D eigenvalue weighted by atomic mass is 35.5. The Morgan fingerprint density at radius 3 is 1.62 bits per heavy atom. The van der Waals surface area contributed by atoms with Gasteiger partial charge in [-0.05, 0) is 12.1 Å². The van der Waals surface area contributed by atoms with Gasteiger partial charge in [0.05, 0.1) is 42.3 Å². The van der Waals surface area contributed by atoms with E-state index in [1.165, 1.54) is 19.2 Å². The smallest absolute Gasteiger partial charge is 0.156 e. The number of benzene rings is 2.